The van der Waals surface area contributed by atoms with Gasteiger partial charge in [0.15, 0.2) is 0 Å². The number of benzene rings is 2. The molecule has 3 atom stereocenters. The molecule has 3 unspecified atom stereocenters. The highest BCUT2D eigenvalue weighted by atomic mass is 16.5. The quantitative estimate of drug-likeness (QED) is 0.785. The first kappa shape index (κ1) is 14.2. The van der Waals surface area contributed by atoms with E-state index in [1.165, 1.54) is 0 Å². The van der Waals surface area contributed by atoms with Crippen LogP contribution in [0.5, 0.6) is 17.2 Å². The van der Waals surface area contributed by atoms with Crippen molar-refractivity contribution < 1.29 is 19.7 Å². The van der Waals surface area contributed by atoms with Crippen molar-refractivity contribution in [2.24, 2.45) is 5.92 Å². The molecule has 23 heavy (non-hydrogen) atoms. The van der Waals surface area contributed by atoms with Crippen LogP contribution in [-0.2, 0) is 4.79 Å². The Morgan fingerprint density at radius 1 is 1.04 bits per heavy atom. The van der Waals surface area contributed by atoms with Crippen molar-refractivity contribution in [3.8, 4) is 17.2 Å². The third-order valence-corrected chi connectivity index (χ3v) is 4.97. The zero-order chi connectivity index (χ0) is 16.1. The summed E-state index contributed by atoms with van der Waals surface area (Å²) in [6.07, 6.45) is 0.783. The summed E-state index contributed by atoms with van der Waals surface area (Å²) < 4.78 is 6.26. The minimum Gasteiger partial charge on any atom is -0.508 e. The molecule has 5 heteroatoms. The lowest BCUT2D eigenvalue weighted by molar-refractivity contribution is -0.117. The minimum atomic E-state index is -0.206. The third-order valence-electron chi connectivity index (χ3n) is 4.97. The zero-order valence-corrected chi connectivity index (χ0v) is 12.8. The number of Topliss-reactive ketones (excluding diaryl/α,β-unsaturated/α-hetero) is 1. The van der Waals surface area contributed by atoms with Crippen LogP contribution in [0.4, 0.5) is 0 Å². The molecule has 0 bridgehead atoms. The molecule has 2 aromatic rings. The fourth-order valence-corrected chi connectivity index (χ4v) is 3.96. The van der Waals surface area contributed by atoms with Crippen molar-refractivity contribution in [3.63, 3.8) is 0 Å². The van der Waals surface area contributed by atoms with E-state index in [0.29, 0.717) is 12.8 Å². The van der Waals surface area contributed by atoms with Crippen molar-refractivity contribution in [2.75, 3.05) is 0 Å². The number of phenolic OH excluding ortho intramolecular Hbond substituents is 2. The summed E-state index contributed by atoms with van der Waals surface area (Å²) in [5.41, 5.74) is 2.78. The van der Waals surface area contributed by atoms with Crippen LogP contribution in [-0.4, -0.2) is 23.8 Å². The van der Waals surface area contributed by atoms with Crippen LogP contribution in [0.25, 0.3) is 0 Å². The molecule has 2 aromatic carbocycles. The average molecular weight is 308 g/mol. The van der Waals surface area contributed by atoms with E-state index >= 15 is 0 Å². The smallest absolute Gasteiger partial charge is 0.144 e. The van der Waals surface area contributed by atoms with Crippen molar-refractivity contribution >= 4 is 19.1 Å². The van der Waals surface area contributed by atoms with Gasteiger partial charge in [0.1, 0.15) is 37.0 Å². The Morgan fingerprint density at radius 2 is 1.78 bits per heavy atom. The van der Waals surface area contributed by atoms with Gasteiger partial charge < -0.3 is 14.9 Å². The van der Waals surface area contributed by atoms with Crippen LogP contribution in [0, 0.1) is 5.92 Å². The molecular formula is C18H17BO4. The number of hydrogen-bond donors (Lipinski definition) is 2. The van der Waals surface area contributed by atoms with E-state index in [1.807, 2.05) is 20.0 Å². The molecule has 0 spiro atoms. The van der Waals surface area contributed by atoms with Crippen LogP contribution in [0.15, 0.2) is 36.4 Å². The Hall–Kier alpha value is -2.43. The standard InChI is InChI=1S/C18H17BO4/c19-16-8-12(22)7-15-13-5-11(21)6-14(13)17(23-18(15)16)9-1-3-10(20)4-2-9/h1-4,7-8,13-14,17,20,22H,5-6,19H2. The van der Waals surface area contributed by atoms with Gasteiger partial charge >= 0.3 is 0 Å². The Bertz CT molecular complexity index is 784. The largest absolute Gasteiger partial charge is 0.508 e. The molecule has 1 aliphatic heterocycles. The van der Waals surface area contributed by atoms with Gasteiger partial charge in [-0.1, -0.05) is 12.1 Å². The number of ether oxygens (including phenoxy) is 1. The molecule has 1 saturated carbocycles. The molecule has 0 radical (unpaired) electrons. The van der Waals surface area contributed by atoms with Crippen LogP contribution >= 0.6 is 0 Å². The lowest BCUT2D eigenvalue weighted by atomic mass is 9.77. The second-order valence-corrected chi connectivity index (χ2v) is 6.53. The Morgan fingerprint density at radius 3 is 2.52 bits per heavy atom. The van der Waals surface area contributed by atoms with E-state index in [2.05, 4.69) is 0 Å². The van der Waals surface area contributed by atoms with Gasteiger partial charge in [-0.3, -0.25) is 4.79 Å². The van der Waals surface area contributed by atoms with E-state index in [9.17, 15) is 15.0 Å². The SMILES string of the molecule is Bc1cc(O)cc2c1OC(c1ccc(O)cc1)C1CC(=O)CC21. The molecule has 2 aliphatic rings. The maximum absolute atomic E-state index is 12.1. The Kier molecular flexibility index (Phi) is 3.11. The number of hydrogen-bond acceptors (Lipinski definition) is 4. The lowest BCUT2D eigenvalue weighted by Gasteiger charge is -2.37. The van der Waals surface area contributed by atoms with Crippen molar-refractivity contribution in [2.45, 2.75) is 24.9 Å². The van der Waals surface area contributed by atoms with Gasteiger partial charge in [0.2, 0.25) is 0 Å². The first-order valence-electron chi connectivity index (χ1n) is 7.83. The summed E-state index contributed by atoms with van der Waals surface area (Å²) in [7, 11) is 1.91. The van der Waals surface area contributed by atoms with Crippen LogP contribution in [0.1, 0.15) is 36.0 Å². The van der Waals surface area contributed by atoms with Gasteiger partial charge in [-0.05, 0) is 35.3 Å². The second kappa shape index (κ2) is 5.05. The lowest BCUT2D eigenvalue weighted by Crippen LogP contribution is -2.30. The predicted molar refractivity (Wildman–Crippen MR) is 88.2 cm³/mol. The van der Waals surface area contributed by atoms with Crippen LogP contribution in [0.3, 0.4) is 0 Å². The van der Waals surface area contributed by atoms with Gasteiger partial charge in [0.25, 0.3) is 0 Å². The molecule has 4 nitrogen and oxygen atoms in total. The molecule has 116 valence electrons. The summed E-state index contributed by atoms with van der Waals surface area (Å²) >= 11 is 0. The van der Waals surface area contributed by atoms with Gasteiger partial charge in [-0.2, -0.15) is 0 Å². The summed E-state index contributed by atoms with van der Waals surface area (Å²) in [5, 5.41) is 19.4. The van der Waals surface area contributed by atoms with Crippen molar-refractivity contribution in [3.05, 3.63) is 47.5 Å². The predicted octanol–water partition coefficient (Wildman–Crippen LogP) is 1.55. The number of carbonyl (C=O) groups excluding carboxylic acids is 1. The Labute approximate surface area is 135 Å². The number of fused-ring (bicyclic) bond motifs is 3. The van der Waals surface area contributed by atoms with Gasteiger partial charge in [0.05, 0.1) is 0 Å². The second-order valence-electron chi connectivity index (χ2n) is 6.53. The number of carbonyl (C=O) groups is 1. The van der Waals surface area contributed by atoms with E-state index < -0.39 is 0 Å². The van der Waals surface area contributed by atoms with E-state index in [0.717, 1.165) is 22.3 Å². The van der Waals surface area contributed by atoms with Crippen LogP contribution in [0.2, 0.25) is 0 Å². The number of aromatic hydroxyl groups is 2. The van der Waals surface area contributed by atoms with Crippen molar-refractivity contribution in [1.29, 1.82) is 0 Å². The van der Waals surface area contributed by atoms with Gasteiger partial charge in [0, 0.05) is 30.2 Å². The summed E-state index contributed by atoms with van der Waals surface area (Å²) in [6, 6.07) is 10.4. The molecule has 0 aromatic heterocycles. The molecule has 4 rings (SSSR count). The number of ketones is 1. The van der Waals surface area contributed by atoms with Gasteiger partial charge in [-0.15, -0.1) is 0 Å². The minimum absolute atomic E-state index is 0.0701. The third kappa shape index (κ3) is 2.27. The topological polar surface area (TPSA) is 66.8 Å². The molecule has 1 fully saturated rings. The summed E-state index contributed by atoms with van der Waals surface area (Å²) in [6.45, 7) is 0. The number of phenols is 2. The summed E-state index contributed by atoms with van der Waals surface area (Å²) in [5.74, 6) is 1.59. The Balaban J connectivity index is 1.83. The highest BCUT2D eigenvalue weighted by molar-refractivity contribution is 6.34. The molecule has 0 saturated heterocycles. The normalized spacial score (nSPS) is 25.6. The van der Waals surface area contributed by atoms with Gasteiger partial charge in [-0.25, -0.2) is 0 Å². The molecule has 1 aliphatic carbocycles. The number of rotatable bonds is 1. The first-order chi connectivity index (χ1) is 11.0. The first-order valence-corrected chi connectivity index (χ1v) is 7.83. The maximum atomic E-state index is 12.1. The van der Waals surface area contributed by atoms with E-state index in [4.69, 9.17) is 4.74 Å². The maximum Gasteiger partial charge on any atom is 0.144 e. The fraction of sp³-hybridized carbons (Fsp3) is 0.278. The van der Waals surface area contributed by atoms with E-state index in [1.54, 1.807) is 24.3 Å². The molecule has 0 amide bonds. The molecule has 1 heterocycles. The highest BCUT2D eigenvalue weighted by Gasteiger charge is 2.45. The molecular weight excluding hydrogens is 291 g/mol. The van der Waals surface area contributed by atoms with Crippen molar-refractivity contribution in [1.82, 2.24) is 0 Å². The zero-order valence-electron chi connectivity index (χ0n) is 12.8. The van der Waals surface area contributed by atoms with Crippen LogP contribution < -0.4 is 10.2 Å². The highest BCUT2D eigenvalue weighted by Crippen LogP contribution is 2.52. The average Bonchev–Trinajstić information content (AvgIpc) is 2.89. The summed E-state index contributed by atoms with van der Waals surface area (Å²) in [4.78, 5) is 12.1. The molecule has 2 N–H and O–H groups in total. The monoisotopic (exact) mass is 308 g/mol. The van der Waals surface area contributed by atoms with E-state index in [-0.39, 0.29) is 35.2 Å². The fourth-order valence-electron chi connectivity index (χ4n) is 3.96.